The SMILES string of the molecule is O=S(=O)(O)Cc1cc(C(F)(F)F)ccc1C(F)(F)F.[Na]. The maximum absolute atomic E-state index is 12.5. The van der Waals surface area contributed by atoms with E-state index in [0.29, 0.717) is 0 Å². The summed E-state index contributed by atoms with van der Waals surface area (Å²) in [4.78, 5) is 0. The second-order valence-electron chi connectivity index (χ2n) is 3.59. The van der Waals surface area contributed by atoms with E-state index in [9.17, 15) is 34.8 Å². The molecule has 0 fully saturated rings. The first-order chi connectivity index (χ1) is 8.31. The zero-order valence-electron chi connectivity index (χ0n) is 9.88. The number of hydrogen-bond donors (Lipinski definition) is 1. The van der Waals surface area contributed by atoms with Gasteiger partial charge in [-0.2, -0.15) is 34.8 Å². The quantitative estimate of drug-likeness (QED) is 0.515. The molecule has 0 spiro atoms. The number of halogens is 6. The van der Waals surface area contributed by atoms with Crippen LogP contribution in [0.1, 0.15) is 16.7 Å². The molecule has 1 N–H and O–H groups in total. The minimum Gasteiger partial charge on any atom is -0.285 e. The second kappa shape index (κ2) is 6.22. The molecule has 0 aliphatic heterocycles. The Morgan fingerprint density at radius 3 is 1.85 bits per heavy atom. The average molecular weight is 331 g/mol. The van der Waals surface area contributed by atoms with Crippen LogP contribution in [-0.2, 0) is 28.2 Å². The molecule has 0 aliphatic rings. The zero-order chi connectivity index (χ0) is 15.1. The van der Waals surface area contributed by atoms with E-state index >= 15 is 0 Å². The molecule has 0 atom stereocenters. The summed E-state index contributed by atoms with van der Waals surface area (Å²) in [5.41, 5.74) is -4.14. The predicted molar refractivity (Wildman–Crippen MR) is 57.5 cm³/mol. The molecule has 1 aromatic rings. The summed E-state index contributed by atoms with van der Waals surface area (Å²) >= 11 is 0. The Hall–Kier alpha value is -0.290. The third kappa shape index (κ3) is 5.60. The van der Waals surface area contributed by atoms with Gasteiger partial charge in [0.1, 0.15) is 5.75 Å². The normalized spacial score (nSPS) is 12.9. The van der Waals surface area contributed by atoms with Gasteiger partial charge in [-0.25, -0.2) is 0 Å². The fourth-order valence-corrected chi connectivity index (χ4v) is 1.99. The van der Waals surface area contributed by atoms with Crippen molar-refractivity contribution < 1.29 is 39.3 Å². The van der Waals surface area contributed by atoms with Crippen LogP contribution in [-0.4, -0.2) is 42.5 Å². The second-order valence-corrected chi connectivity index (χ2v) is 5.05. The first kappa shape index (κ1) is 19.7. The molecular weight excluding hydrogens is 325 g/mol. The minimum atomic E-state index is -5.02. The molecule has 0 amide bonds. The van der Waals surface area contributed by atoms with Crippen LogP contribution in [0.3, 0.4) is 0 Å². The van der Waals surface area contributed by atoms with Crippen molar-refractivity contribution in [3.8, 4) is 0 Å². The van der Waals surface area contributed by atoms with Gasteiger partial charge in [-0.1, -0.05) is 0 Å². The molecule has 1 aromatic carbocycles. The average Bonchev–Trinajstić information content (AvgIpc) is 2.11. The third-order valence-corrected chi connectivity index (χ3v) is 2.75. The smallest absolute Gasteiger partial charge is 0.285 e. The van der Waals surface area contributed by atoms with E-state index in [1.807, 2.05) is 0 Å². The summed E-state index contributed by atoms with van der Waals surface area (Å²) < 4.78 is 104. The van der Waals surface area contributed by atoms with Crippen LogP contribution >= 0.6 is 0 Å². The van der Waals surface area contributed by atoms with Gasteiger partial charge in [0.25, 0.3) is 10.1 Å². The molecule has 0 unspecified atom stereocenters. The molecule has 109 valence electrons. The van der Waals surface area contributed by atoms with Gasteiger partial charge in [0, 0.05) is 29.6 Å². The first-order valence-electron chi connectivity index (χ1n) is 4.53. The Labute approximate surface area is 132 Å². The Morgan fingerprint density at radius 1 is 1.00 bits per heavy atom. The largest absolute Gasteiger partial charge is 0.416 e. The van der Waals surface area contributed by atoms with E-state index in [1.54, 1.807) is 0 Å². The summed E-state index contributed by atoms with van der Waals surface area (Å²) in [5, 5.41) is 0. The van der Waals surface area contributed by atoms with Gasteiger partial charge < -0.3 is 0 Å². The molecule has 1 rings (SSSR count). The van der Waals surface area contributed by atoms with Crippen LogP contribution in [0.25, 0.3) is 0 Å². The molecule has 3 nitrogen and oxygen atoms in total. The molecule has 0 heterocycles. The molecule has 0 bridgehead atoms. The van der Waals surface area contributed by atoms with Crippen molar-refractivity contribution in [2.24, 2.45) is 0 Å². The van der Waals surface area contributed by atoms with E-state index in [1.165, 1.54) is 0 Å². The maximum Gasteiger partial charge on any atom is 0.416 e. The van der Waals surface area contributed by atoms with E-state index in [-0.39, 0.29) is 47.8 Å². The summed E-state index contributed by atoms with van der Waals surface area (Å²) in [7, 11) is -4.89. The Kier molecular flexibility index (Phi) is 6.13. The molecule has 20 heavy (non-hydrogen) atoms. The third-order valence-electron chi connectivity index (χ3n) is 2.08. The van der Waals surface area contributed by atoms with Crippen LogP contribution in [0, 0.1) is 0 Å². The summed E-state index contributed by atoms with van der Waals surface area (Å²) in [6.45, 7) is 0. The first-order valence-corrected chi connectivity index (χ1v) is 6.14. The number of alkyl halides is 6. The zero-order valence-corrected chi connectivity index (χ0v) is 12.7. The van der Waals surface area contributed by atoms with Crippen molar-refractivity contribution >= 4 is 39.7 Å². The number of hydrogen-bond acceptors (Lipinski definition) is 2. The van der Waals surface area contributed by atoms with Crippen molar-refractivity contribution in [2.45, 2.75) is 18.1 Å². The van der Waals surface area contributed by atoms with Crippen LogP contribution < -0.4 is 0 Å². The molecule has 1 radical (unpaired) electrons. The van der Waals surface area contributed by atoms with Crippen LogP contribution in [0.4, 0.5) is 26.3 Å². The molecule has 0 aliphatic carbocycles. The summed E-state index contributed by atoms with van der Waals surface area (Å²) in [6.07, 6.45) is -9.94. The van der Waals surface area contributed by atoms with Crippen molar-refractivity contribution in [1.29, 1.82) is 0 Å². The standard InChI is InChI=1S/C9H6F6O3S.Na/c10-8(11,12)6-1-2-7(9(13,14)15)5(3-6)4-19(16,17)18;/h1-3H,4H2,(H,16,17,18);. The van der Waals surface area contributed by atoms with Gasteiger partial charge in [0.15, 0.2) is 0 Å². The number of benzene rings is 1. The molecule has 0 aromatic heterocycles. The van der Waals surface area contributed by atoms with E-state index in [4.69, 9.17) is 4.55 Å². The van der Waals surface area contributed by atoms with Gasteiger partial charge in [-0.15, -0.1) is 0 Å². The fraction of sp³-hybridized carbons (Fsp3) is 0.333. The van der Waals surface area contributed by atoms with E-state index in [0.717, 1.165) is 0 Å². The van der Waals surface area contributed by atoms with Crippen molar-refractivity contribution in [3.05, 3.63) is 34.9 Å². The van der Waals surface area contributed by atoms with Gasteiger partial charge >= 0.3 is 12.4 Å². The topological polar surface area (TPSA) is 54.4 Å². The maximum atomic E-state index is 12.5. The predicted octanol–water partition coefficient (Wildman–Crippen LogP) is 2.73. The van der Waals surface area contributed by atoms with Gasteiger partial charge in [0.05, 0.1) is 11.1 Å². The number of rotatable bonds is 2. The summed E-state index contributed by atoms with van der Waals surface area (Å²) in [5.74, 6) is -1.55. The minimum absolute atomic E-state index is 0. The van der Waals surface area contributed by atoms with Crippen molar-refractivity contribution in [3.63, 3.8) is 0 Å². The van der Waals surface area contributed by atoms with Crippen LogP contribution in [0.15, 0.2) is 18.2 Å². The van der Waals surface area contributed by atoms with Crippen LogP contribution in [0.2, 0.25) is 0 Å². The molecular formula is C9H6F6NaO3S. The van der Waals surface area contributed by atoms with Crippen molar-refractivity contribution in [2.75, 3.05) is 0 Å². The van der Waals surface area contributed by atoms with Gasteiger partial charge in [-0.05, 0) is 23.8 Å². The van der Waals surface area contributed by atoms with Crippen molar-refractivity contribution in [1.82, 2.24) is 0 Å². The fourth-order valence-electron chi connectivity index (χ4n) is 1.36. The Morgan fingerprint density at radius 2 is 1.50 bits per heavy atom. The Balaban J connectivity index is 0.00000361. The van der Waals surface area contributed by atoms with E-state index in [2.05, 4.69) is 0 Å². The molecule has 0 saturated heterocycles. The van der Waals surface area contributed by atoms with Crippen LogP contribution in [0.5, 0.6) is 0 Å². The van der Waals surface area contributed by atoms with E-state index < -0.39 is 44.9 Å². The monoisotopic (exact) mass is 331 g/mol. The molecule has 11 heteroatoms. The van der Waals surface area contributed by atoms with Gasteiger partial charge in [-0.3, -0.25) is 4.55 Å². The molecule has 0 saturated carbocycles. The van der Waals surface area contributed by atoms with Gasteiger partial charge in [0.2, 0.25) is 0 Å². The summed E-state index contributed by atoms with van der Waals surface area (Å²) in [6, 6.07) is 0.371. The Bertz CT molecular complexity index is 578.